The number of fused-ring (bicyclic) bond motifs is 1. The topological polar surface area (TPSA) is 37.0 Å². The molecule has 0 aliphatic rings. The van der Waals surface area contributed by atoms with Gasteiger partial charge in [0.25, 0.3) is 0 Å². The Kier molecular flexibility index (Phi) is 4.91. The summed E-state index contributed by atoms with van der Waals surface area (Å²) in [5.41, 5.74) is 1.21. The van der Waals surface area contributed by atoms with Crippen molar-refractivity contribution in [2.24, 2.45) is 0 Å². The largest absolute Gasteiger partial charge is 0.383 e. The molecule has 4 heteroatoms. The van der Waals surface area contributed by atoms with Crippen molar-refractivity contribution in [1.82, 2.24) is 10.3 Å². The van der Waals surface area contributed by atoms with Gasteiger partial charge in [-0.2, -0.15) is 0 Å². The van der Waals surface area contributed by atoms with Crippen LogP contribution in [0.25, 0.3) is 10.9 Å². The van der Waals surface area contributed by atoms with Crippen LogP contribution in [0.1, 0.15) is 0 Å². The second-order valence-electron chi connectivity index (χ2n) is 3.81. The lowest BCUT2D eigenvalue weighted by molar-refractivity contribution is 0.200. The van der Waals surface area contributed by atoms with Crippen molar-refractivity contribution in [1.29, 1.82) is 0 Å². The summed E-state index contributed by atoms with van der Waals surface area (Å²) in [5.74, 6) is 1.07. The van der Waals surface area contributed by atoms with Crippen LogP contribution in [0.4, 0.5) is 0 Å². The van der Waals surface area contributed by atoms with Gasteiger partial charge in [0, 0.05) is 36.9 Å². The zero-order valence-electron chi connectivity index (χ0n) is 10.0. The molecule has 0 bridgehead atoms. The summed E-state index contributed by atoms with van der Waals surface area (Å²) >= 11 is 1.85. The molecule has 17 heavy (non-hydrogen) atoms. The fraction of sp³-hybridized carbons (Fsp3) is 0.385. The quantitative estimate of drug-likeness (QED) is 0.585. The number of para-hydroxylation sites is 1. The van der Waals surface area contributed by atoms with Gasteiger partial charge >= 0.3 is 0 Å². The maximum atomic E-state index is 4.97. The first-order valence-corrected chi connectivity index (χ1v) is 6.79. The van der Waals surface area contributed by atoms with E-state index in [2.05, 4.69) is 40.6 Å². The molecule has 3 nitrogen and oxygen atoms in total. The van der Waals surface area contributed by atoms with Crippen molar-refractivity contribution in [3.63, 3.8) is 0 Å². The van der Waals surface area contributed by atoms with E-state index in [1.165, 1.54) is 15.9 Å². The Bertz CT molecular complexity index is 422. The lowest BCUT2D eigenvalue weighted by Crippen LogP contribution is -2.21. The van der Waals surface area contributed by atoms with E-state index in [9.17, 15) is 0 Å². The summed E-state index contributed by atoms with van der Waals surface area (Å²) in [7, 11) is 1.72. The highest BCUT2D eigenvalue weighted by atomic mass is 32.2. The Morgan fingerprint density at radius 1 is 1.29 bits per heavy atom. The Labute approximate surface area is 106 Å². The van der Waals surface area contributed by atoms with Gasteiger partial charge in [-0.1, -0.05) is 18.2 Å². The SMILES string of the molecule is COCCNCCSc1cc2ccccc2[nH]1. The molecule has 0 amide bonds. The molecule has 0 spiro atoms. The van der Waals surface area contributed by atoms with Crippen molar-refractivity contribution in [2.45, 2.75) is 5.03 Å². The van der Waals surface area contributed by atoms with Crippen LogP contribution in [0, 0.1) is 0 Å². The Hall–Kier alpha value is -0.970. The molecule has 1 aromatic heterocycles. The summed E-state index contributed by atoms with van der Waals surface area (Å²) in [6.45, 7) is 2.70. The monoisotopic (exact) mass is 250 g/mol. The summed E-state index contributed by atoms with van der Waals surface area (Å²) in [6, 6.07) is 10.6. The minimum Gasteiger partial charge on any atom is -0.383 e. The highest BCUT2D eigenvalue weighted by Crippen LogP contribution is 2.22. The van der Waals surface area contributed by atoms with Gasteiger partial charge in [-0.05, 0) is 12.1 Å². The third kappa shape index (κ3) is 3.77. The van der Waals surface area contributed by atoms with Gasteiger partial charge in [0.05, 0.1) is 11.6 Å². The fourth-order valence-corrected chi connectivity index (χ4v) is 2.52. The molecule has 0 unspecified atom stereocenters. The van der Waals surface area contributed by atoms with E-state index < -0.39 is 0 Å². The van der Waals surface area contributed by atoms with E-state index in [1.807, 2.05) is 11.8 Å². The maximum Gasteiger partial charge on any atom is 0.0732 e. The summed E-state index contributed by atoms with van der Waals surface area (Å²) in [5, 5.41) is 5.85. The van der Waals surface area contributed by atoms with E-state index in [0.29, 0.717) is 0 Å². The summed E-state index contributed by atoms with van der Waals surface area (Å²) in [4.78, 5) is 3.41. The summed E-state index contributed by atoms with van der Waals surface area (Å²) < 4.78 is 4.97. The third-order valence-electron chi connectivity index (χ3n) is 2.52. The summed E-state index contributed by atoms with van der Waals surface area (Å²) in [6.07, 6.45) is 0. The molecular weight excluding hydrogens is 232 g/mol. The average Bonchev–Trinajstić information content (AvgIpc) is 2.76. The van der Waals surface area contributed by atoms with Crippen LogP contribution in [-0.4, -0.2) is 37.5 Å². The number of ether oxygens (including phenoxy) is 1. The molecule has 92 valence electrons. The van der Waals surface area contributed by atoms with Crippen LogP contribution >= 0.6 is 11.8 Å². The van der Waals surface area contributed by atoms with Crippen LogP contribution in [-0.2, 0) is 4.74 Å². The van der Waals surface area contributed by atoms with Gasteiger partial charge in [-0.25, -0.2) is 0 Å². The second-order valence-corrected chi connectivity index (χ2v) is 4.95. The smallest absolute Gasteiger partial charge is 0.0732 e. The van der Waals surface area contributed by atoms with E-state index in [-0.39, 0.29) is 0 Å². The number of aromatic amines is 1. The molecule has 0 atom stereocenters. The molecule has 1 heterocycles. The van der Waals surface area contributed by atoms with Crippen molar-refractivity contribution < 1.29 is 4.74 Å². The molecular formula is C13H18N2OS. The van der Waals surface area contributed by atoms with Crippen molar-refractivity contribution in [3.8, 4) is 0 Å². The zero-order valence-corrected chi connectivity index (χ0v) is 10.8. The van der Waals surface area contributed by atoms with E-state index in [0.717, 1.165) is 25.4 Å². The number of rotatable bonds is 7. The van der Waals surface area contributed by atoms with Gasteiger partial charge in [0.2, 0.25) is 0 Å². The van der Waals surface area contributed by atoms with Gasteiger partial charge in [-0.15, -0.1) is 11.8 Å². The van der Waals surface area contributed by atoms with Crippen LogP contribution in [0.3, 0.4) is 0 Å². The second kappa shape index (κ2) is 6.69. The molecule has 2 aromatic rings. The molecule has 0 radical (unpaired) electrons. The Morgan fingerprint density at radius 3 is 3.00 bits per heavy atom. The van der Waals surface area contributed by atoms with Crippen LogP contribution in [0.15, 0.2) is 35.4 Å². The molecule has 0 saturated carbocycles. The predicted octanol–water partition coefficient (Wildman–Crippen LogP) is 2.50. The minimum absolute atomic E-state index is 0.775. The number of aromatic nitrogens is 1. The van der Waals surface area contributed by atoms with Crippen molar-refractivity contribution >= 4 is 22.7 Å². The number of thioether (sulfide) groups is 1. The Morgan fingerprint density at radius 2 is 2.18 bits per heavy atom. The van der Waals surface area contributed by atoms with Crippen molar-refractivity contribution in [2.75, 3.05) is 32.6 Å². The highest BCUT2D eigenvalue weighted by Gasteiger charge is 1.99. The van der Waals surface area contributed by atoms with Gasteiger partial charge < -0.3 is 15.0 Å². The van der Waals surface area contributed by atoms with Crippen LogP contribution < -0.4 is 5.32 Å². The lowest BCUT2D eigenvalue weighted by Gasteiger charge is -2.02. The maximum absolute atomic E-state index is 4.97. The normalized spacial score (nSPS) is 11.1. The minimum atomic E-state index is 0.775. The van der Waals surface area contributed by atoms with Crippen LogP contribution in [0.5, 0.6) is 0 Å². The number of nitrogens with one attached hydrogen (secondary N) is 2. The van der Waals surface area contributed by atoms with Crippen LogP contribution in [0.2, 0.25) is 0 Å². The molecule has 0 saturated heterocycles. The standard InChI is InChI=1S/C13H18N2OS/c1-16-8-6-14-7-9-17-13-10-11-4-2-3-5-12(11)15-13/h2-5,10,14-15H,6-9H2,1H3. The van der Waals surface area contributed by atoms with Gasteiger partial charge in [-0.3, -0.25) is 0 Å². The van der Waals surface area contributed by atoms with E-state index >= 15 is 0 Å². The van der Waals surface area contributed by atoms with E-state index in [4.69, 9.17) is 4.74 Å². The number of methoxy groups -OCH3 is 1. The first-order chi connectivity index (χ1) is 8.40. The average molecular weight is 250 g/mol. The number of hydrogen-bond donors (Lipinski definition) is 2. The fourth-order valence-electron chi connectivity index (χ4n) is 1.66. The molecule has 0 fully saturated rings. The predicted molar refractivity (Wildman–Crippen MR) is 73.8 cm³/mol. The van der Waals surface area contributed by atoms with E-state index in [1.54, 1.807) is 7.11 Å². The van der Waals surface area contributed by atoms with Crippen molar-refractivity contribution in [3.05, 3.63) is 30.3 Å². The molecule has 1 aromatic carbocycles. The molecule has 2 N–H and O–H groups in total. The highest BCUT2D eigenvalue weighted by molar-refractivity contribution is 7.99. The first kappa shape index (κ1) is 12.5. The first-order valence-electron chi connectivity index (χ1n) is 5.80. The Balaban J connectivity index is 1.75. The molecule has 0 aliphatic carbocycles. The number of benzene rings is 1. The molecule has 0 aliphatic heterocycles. The molecule has 2 rings (SSSR count). The number of H-pyrrole nitrogens is 1. The van der Waals surface area contributed by atoms with Gasteiger partial charge in [0.15, 0.2) is 0 Å². The van der Waals surface area contributed by atoms with Gasteiger partial charge in [0.1, 0.15) is 0 Å². The number of hydrogen-bond acceptors (Lipinski definition) is 3. The third-order valence-corrected chi connectivity index (χ3v) is 3.46. The zero-order chi connectivity index (χ0) is 11.9. The lowest BCUT2D eigenvalue weighted by atomic mass is 10.3.